The van der Waals surface area contributed by atoms with Crippen LogP contribution in [0.5, 0.6) is 0 Å². The van der Waals surface area contributed by atoms with Gasteiger partial charge in [0.05, 0.1) is 0 Å². The zero-order valence-corrected chi connectivity index (χ0v) is 10.9. The number of nitrogens with one attached hydrogen (secondary N) is 1. The van der Waals surface area contributed by atoms with Crippen molar-refractivity contribution in [3.8, 4) is 0 Å². The smallest absolute Gasteiger partial charge is 0.220 e. The van der Waals surface area contributed by atoms with Crippen LogP contribution in [0, 0.1) is 0 Å². The van der Waals surface area contributed by atoms with Gasteiger partial charge in [-0.1, -0.05) is 0 Å². The second-order valence-corrected chi connectivity index (χ2v) is 5.13. The molecule has 0 bridgehead atoms. The van der Waals surface area contributed by atoms with Crippen LogP contribution >= 0.6 is 27.3 Å². The van der Waals surface area contributed by atoms with E-state index < -0.39 is 0 Å². The number of amides is 1. The maximum Gasteiger partial charge on any atom is 0.220 e. The third-order valence-corrected chi connectivity index (χ3v) is 3.68. The van der Waals surface area contributed by atoms with Crippen LogP contribution < -0.4 is 11.1 Å². The third-order valence-electron chi connectivity index (χ3n) is 1.92. The highest BCUT2D eigenvalue weighted by atomic mass is 79.9. The molecule has 1 aromatic heterocycles. The van der Waals surface area contributed by atoms with Gasteiger partial charge in [-0.25, -0.2) is 0 Å². The summed E-state index contributed by atoms with van der Waals surface area (Å²) in [4.78, 5) is 12.5. The Morgan fingerprint density at radius 2 is 2.40 bits per heavy atom. The standard InChI is InChI=1S/C10H15BrN2OS/c11-8-6-9(15-7-8)3-5-13-10(14)2-1-4-12/h6-7H,1-5,12H2,(H,13,14). The molecule has 3 N–H and O–H groups in total. The zero-order valence-electron chi connectivity index (χ0n) is 8.46. The minimum absolute atomic E-state index is 0.0936. The molecule has 0 fully saturated rings. The van der Waals surface area contributed by atoms with Gasteiger partial charge in [0.15, 0.2) is 0 Å². The number of halogens is 1. The van der Waals surface area contributed by atoms with E-state index in [0.29, 0.717) is 19.5 Å². The van der Waals surface area contributed by atoms with Gasteiger partial charge in [-0.05, 0) is 41.4 Å². The van der Waals surface area contributed by atoms with Crippen LogP contribution in [0.1, 0.15) is 17.7 Å². The van der Waals surface area contributed by atoms with Gasteiger partial charge in [0.2, 0.25) is 5.91 Å². The van der Waals surface area contributed by atoms with Crippen molar-refractivity contribution < 1.29 is 4.79 Å². The van der Waals surface area contributed by atoms with Crippen LogP contribution in [0.2, 0.25) is 0 Å². The Hall–Kier alpha value is -0.390. The summed E-state index contributed by atoms with van der Waals surface area (Å²) in [7, 11) is 0. The maximum atomic E-state index is 11.2. The lowest BCUT2D eigenvalue weighted by Gasteiger charge is -2.02. The van der Waals surface area contributed by atoms with Crippen molar-refractivity contribution in [3.63, 3.8) is 0 Å². The van der Waals surface area contributed by atoms with Crippen molar-refractivity contribution in [2.24, 2.45) is 5.73 Å². The number of hydrogen-bond acceptors (Lipinski definition) is 3. The molecule has 0 saturated heterocycles. The summed E-state index contributed by atoms with van der Waals surface area (Å²) in [6.07, 6.45) is 2.19. The first-order valence-electron chi connectivity index (χ1n) is 4.92. The van der Waals surface area contributed by atoms with Crippen LogP contribution in [0.15, 0.2) is 15.9 Å². The second kappa shape index (κ2) is 6.98. The predicted octanol–water partition coefficient (Wildman–Crippen LogP) is 1.91. The molecule has 0 aliphatic carbocycles. The molecule has 0 atom stereocenters. The van der Waals surface area contributed by atoms with Crippen LogP contribution in [0.3, 0.4) is 0 Å². The Morgan fingerprint density at radius 1 is 1.60 bits per heavy atom. The third kappa shape index (κ3) is 5.30. The fourth-order valence-corrected chi connectivity index (χ4v) is 2.62. The molecule has 1 amide bonds. The molecule has 0 aromatic carbocycles. The topological polar surface area (TPSA) is 55.1 Å². The molecular weight excluding hydrogens is 276 g/mol. The van der Waals surface area contributed by atoms with Crippen LogP contribution in [-0.4, -0.2) is 19.0 Å². The van der Waals surface area contributed by atoms with E-state index in [1.54, 1.807) is 11.3 Å². The first-order valence-corrected chi connectivity index (χ1v) is 6.59. The summed E-state index contributed by atoms with van der Waals surface area (Å²) in [6, 6.07) is 2.08. The van der Waals surface area contributed by atoms with E-state index in [1.165, 1.54) is 4.88 Å². The minimum Gasteiger partial charge on any atom is -0.356 e. The van der Waals surface area contributed by atoms with E-state index in [-0.39, 0.29) is 5.91 Å². The number of carbonyl (C=O) groups excluding carboxylic acids is 1. The van der Waals surface area contributed by atoms with Gasteiger partial charge in [-0.15, -0.1) is 11.3 Å². The minimum atomic E-state index is 0.0936. The molecule has 1 aromatic rings. The van der Waals surface area contributed by atoms with Gasteiger partial charge >= 0.3 is 0 Å². The van der Waals surface area contributed by atoms with Gasteiger partial charge in [0.25, 0.3) is 0 Å². The average Bonchev–Trinajstić information content (AvgIpc) is 2.61. The normalized spacial score (nSPS) is 10.3. The van der Waals surface area contributed by atoms with Crippen molar-refractivity contribution >= 4 is 33.2 Å². The molecule has 3 nitrogen and oxygen atoms in total. The van der Waals surface area contributed by atoms with E-state index >= 15 is 0 Å². The number of thiophene rings is 1. The first kappa shape index (κ1) is 12.7. The van der Waals surface area contributed by atoms with E-state index in [2.05, 4.69) is 27.3 Å². The number of rotatable bonds is 6. The molecule has 0 unspecified atom stereocenters. The predicted molar refractivity (Wildman–Crippen MR) is 67.0 cm³/mol. The lowest BCUT2D eigenvalue weighted by molar-refractivity contribution is -0.121. The highest BCUT2D eigenvalue weighted by molar-refractivity contribution is 9.10. The molecule has 0 aliphatic rings. The van der Waals surface area contributed by atoms with Crippen molar-refractivity contribution in [3.05, 3.63) is 20.8 Å². The van der Waals surface area contributed by atoms with Crippen molar-refractivity contribution in [1.82, 2.24) is 5.32 Å². The second-order valence-electron chi connectivity index (χ2n) is 3.22. The van der Waals surface area contributed by atoms with Gasteiger partial charge in [-0.3, -0.25) is 4.79 Å². The number of carbonyl (C=O) groups is 1. The fourth-order valence-electron chi connectivity index (χ4n) is 1.16. The lowest BCUT2D eigenvalue weighted by Crippen LogP contribution is -2.25. The highest BCUT2D eigenvalue weighted by Crippen LogP contribution is 2.19. The summed E-state index contributed by atoms with van der Waals surface area (Å²) < 4.78 is 1.11. The SMILES string of the molecule is NCCCC(=O)NCCc1cc(Br)cs1. The fraction of sp³-hybridized carbons (Fsp3) is 0.500. The van der Waals surface area contributed by atoms with E-state index in [4.69, 9.17) is 5.73 Å². The molecular formula is C10H15BrN2OS. The summed E-state index contributed by atoms with van der Waals surface area (Å²) in [5.74, 6) is 0.0936. The average molecular weight is 291 g/mol. The monoisotopic (exact) mass is 290 g/mol. The molecule has 1 rings (SSSR count). The van der Waals surface area contributed by atoms with E-state index in [1.807, 2.05) is 5.38 Å². The van der Waals surface area contributed by atoms with Gasteiger partial charge in [-0.2, -0.15) is 0 Å². The van der Waals surface area contributed by atoms with Gasteiger partial charge < -0.3 is 11.1 Å². The largest absolute Gasteiger partial charge is 0.356 e. The molecule has 15 heavy (non-hydrogen) atoms. The molecule has 0 spiro atoms. The van der Waals surface area contributed by atoms with Crippen LogP contribution in [0.25, 0.3) is 0 Å². The number of nitrogens with two attached hydrogens (primary N) is 1. The van der Waals surface area contributed by atoms with E-state index in [9.17, 15) is 4.79 Å². The lowest BCUT2D eigenvalue weighted by atomic mass is 10.3. The maximum absolute atomic E-state index is 11.2. The molecule has 84 valence electrons. The Kier molecular flexibility index (Phi) is 5.90. The highest BCUT2D eigenvalue weighted by Gasteiger charge is 2.01. The molecule has 1 heterocycles. The summed E-state index contributed by atoms with van der Waals surface area (Å²) in [5, 5.41) is 4.92. The zero-order chi connectivity index (χ0) is 11.1. The summed E-state index contributed by atoms with van der Waals surface area (Å²) in [6.45, 7) is 1.28. The summed E-state index contributed by atoms with van der Waals surface area (Å²) >= 11 is 5.10. The van der Waals surface area contributed by atoms with E-state index in [0.717, 1.165) is 17.3 Å². The molecule has 0 aliphatic heterocycles. The van der Waals surface area contributed by atoms with Crippen molar-refractivity contribution in [1.29, 1.82) is 0 Å². The quantitative estimate of drug-likeness (QED) is 0.841. The Bertz CT molecular complexity index is 314. The molecule has 0 radical (unpaired) electrons. The van der Waals surface area contributed by atoms with Crippen molar-refractivity contribution in [2.75, 3.05) is 13.1 Å². The molecule has 5 heteroatoms. The van der Waals surface area contributed by atoms with Crippen LogP contribution in [0.4, 0.5) is 0 Å². The van der Waals surface area contributed by atoms with Gasteiger partial charge in [0, 0.05) is 27.7 Å². The van der Waals surface area contributed by atoms with Crippen LogP contribution in [-0.2, 0) is 11.2 Å². The first-order chi connectivity index (χ1) is 7.22. The Labute approximate surface area is 102 Å². The summed E-state index contributed by atoms with van der Waals surface area (Å²) in [5.41, 5.74) is 5.32. The van der Waals surface area contributed by atoms with Gasteiger partial charge in [0.1, 0.15) is 0 Å². The Morgan fingerprint density at radius 3 is 3.00 bits per heavy atom. The Balaban J connectivity index is 2.13. The molecule has 0 saturated carbocycles. The van der Waals surface area contributed by atoms with Crippen molar-refractivity contribution in [2.45, 2.75) is 19.3 Å². The number of hydrogen-bond donors (Lipinski definition) is 2.